The molecule has 0 amide bonds. The molecule has 1 aliphatic heterocycles. The Bertz CT molecular complexity index is 464. The van der Waals surface area contributed by atoms with Crippen LogP contribution in [0.4, 0.5) is 0 Å². The number of nitrogens with one attached hydrogen (secondary N) is 1. The van der Waals surface area contributed by atoms with Crippen molar-refractivity contribution in [2.45, 2.75) is 30.2 Å². The maximum atomic E-state index is 12.1. The SMILES string of the molecule is O=S(=O)(CC1CCCCN1)c1ccc(Cl)cc1. The highest BCUT2D eigenvalue weighted by Gasteiger charge is 2.22. The molecular formula is C12H16ClNO2S. The first-order chi connectivity index (χ1) is 8.08. The van der Waals surface area contributed by atoms with Crippen molar-refractivity contribution in [2.75, 3.05) is 12.3 Å². The average Bonchev–Trinajstić information content (AvgIpc) is 2.30. The van der Waals surface area contributed by atoms with Gasteiger partial charge in [-0.25, -0.2) is 8.42 Å². The van der Waals surface area contributed by atoms with Crippen LogP contribution in [0.3, 0.4) is 0 Å². The second kappa shape index (κ2) is 5.38. The van der Waals surface area contributed by atoms with Crippen LogP contribution in [-0.4, -0.2) is 26.8 Å². The first-order valence-corrected chi connectivity index (χ1v) is 7.83. The number of hydrogen-bond acceptors (Lipinski definition) is 3. The molecule has 1 fully saturated rings. The van der Waals surface area contributed by atoms with E-state index in [0.717, 1.165) is 25.8 Å². The van der Waals surface area contributed by atoms with Gasteiger partial charge in [0.1, 0.15) is 0 Å². The molecule has 17 heavy (non-hydrogen) atoms. The summed E-state index contributed by atoms with van der Waals surface area (Å²) < 4.78 is 24.3. The summed E-state index contributed by atoms with van der Waals surface area (Å²) in [6.45, 7) is 0.917. The molecule has 1 aliphatic rings. The molecule has 0 saturated carbocycles. The van der Waals surface area contributed by atoms with Gasteiger partial charge >= 0.3 is 0 Å². The van der Waals surface area contributed by atoms with Crippen LogP contribution in [0.15, 0.2) is 29.2 Å². The molecule has 1 N–H and O–H groups in total. The number of rotatable bonds is 3. The topological polar surface area (TPSA) is 46.2 Å². The van der Waals surface area contributed by atoms with Crippen molar-refractivity contribution in [1.82, 2.24) is 5.32 Å². The van der Waals surface area contributed by atoms with Crippen molar-refractivity contribution in [2.24, 2.45) is 0 Å². The average molecular weight is 274 g/mol. The summed E-state index contributed by atoms with van der Waals surface area (Å²) in [6.07, 6.45) is 3.18. The molecule has 0 bridgehead atoms. The third-order valence-corrected chi connectivity index (χ3v) is 5.09. The highest BCUT2D eigenvalue weighted by Crippen LogP contribution is 2.18. The smallest absolute Gasteiger partial charge is 0.179 e. The minimum atomic E-state index is -3.20. The van der Waals surface area contributed by atoms with E-state index in [1.807, 2.05) is 0 Å². The molecule has 94 valence electrons. The Labute approximate surface area is 107 Å². The largest absolute Gasteiger partial charge is 0.313 e. The summed E-state index contributed by atoms with van der Waals surface area (Å²) in [5, 5.41) is 3.81. The van der Waals surface area contributed by atoms with Gasteiger partial charge in [-0.05, 0) is 43.7 Å². The van der Waals surface area contributed by atoms with Gasteiger partial charge in [-0.2, -0.15) is 0 Å². The Balaban J connectivity index is 2.10. The summed E-state index contributed by atoms with van der Waals surface area (Å²) in [7, 11) is -3.20. The molecule has 0 aliphatic carbocycles. The number of sulfone groups is 1. The summed E-state index contributed by atoms with van der Waals surface area (Å²) in [6, 6.07) is 6.45. The van der Waals surface area contributed by atoms with Crippen LogP contribution in [0, 0.1) is 0 Å². The predicted molar refractivity (Wildman–Crippen MR) is 69.1 cm³/mol. The highest BCUT2D eigenvalue weighted by molar-refractivity contribution is 7.91. The number of piperidine rings is 1. The molecule has 1 aromatic rings. The van der Waals surface area contributed by atoms with Crippen LogP contribution in [0.2, 0.25) is 5.02 Å². The lowest BCUT2D eigenvalue weighted by atomic mass is 10.1. The summed E-state index contributed by atoms with van der Waals surface area (Å²) in [5.74, 6) is 0.175. The molecule has 1 heterocycles. The van der Waals surface area contributed by atoms with E-state index in [4.69, 9.17) is 11.6 Å². The summed E-state index contributed by atoms with van der Waals surface area (Å²) in [5.41, 5.74) is 0. The fraction of sp³-hybridized carbons (Fsp3) is 0.500. The van der Waals surface area contributed by atoms with Gasteiger partial charge in [-0.1, -0.05) is 18.0 Å². The fourth-order valence-corrected chi connectivity index (χ4v) is 3.75. The van der Waals surface area contributed by atoms with Crippen molar-refractivity contribution in [3.8, 4) is 0 Å². The van der Waals surface area contributed by atoms with Gasteiger partial charge in [0.15, 0.2) is 9.84 Å². The van der Waals surface area contributed by atoms with E-state index in [1.54, 1.807) is 24.3 Å². The quantitative estimate of drug-likeness (QED) is 0.919. The molecule has 3 nitrogen and oxygen atoms in total. The first-order valence-electron chi connectivity index (χ1n) is 5.80. The van der Waals surface area contributed by atoms with Crippen LogP contribution >= 0.6 is 11.6 Å². The van der Waals surface area contributed by atoms with Gasteiger partial charge in [0.25, 0.3) is 0 Å². The fourth-order valence-electron chi connectivity index (χ4n) is 2.07. The lowest BCUT2D eigenvalue weighted by Gasteiger charge is -2.23. The van der Waals surface area contributed by atoms with E-state index in [-0.39, 0.29) is 11.8 Å². The molecule has 0 spiro atoms. The molecule has 5 heteroatoms. The van der Waals surface area contributed by atoms with Crippen LogP contribution in [0.5, 0.6) is 0 Å². The number of hydrogen-bond donors (Lipinski definition) is 1. The number of halogens is 1. The first kappa shape index (κ1) is 12.9. The Morgan fingerprint density at radius 1 is 1.24 bits per heavy atom. The number of benzene rings is 1. The van der Waals surface area contributed by atoms with E-state index >= 15 is 0 Å². The van der Waals surface area contributed by atoms with Crippen molar-refractivity contribution in [3.05, 3.63) is 29.3 Å². The zero-order valence-corrected chi connectivity index (χ0v) is 11.1. The lowest BCUT2D eigenvalue weighted by molar-refractivity contribution is 0.423. The molecule has 1 atom stereocenters. The van der Waals surface area contributed by atoms with Crippen molar-refractivity contribution < 1.29 is 8.42 Å². The normalized spacial score (nSPS) is 21.4. The third kappa shape index (κ3) is 3.44. The van der Waals surface area contributed by atoms with Gasteiger partial charge in [-0.3, -0.25) is 0 Å². The van der Waals surface area contributed by atoms with E-state index in [1.165, 1.54) is 0 Å². The Hall–Kier alpha value is -0.580. The molecule has 1 aromatic carbocycles. The Kier molecular flexibility index (Phi) is 4.07. The van der Waals surface area contributed by atoms with Gasteiger partial charge < -0.3 is 5.32 Å². The van der Waals surface area contributed by atoms with Gasteiger partial charge in [0.05, 0.1) is 10.6 Å². The van der Waals surface area contributed by atoms with Gasteiger partial charge in [-0.15, -0.1) is 0 Å². The molecule has 0 radical (unpaired) electrons. The van der Waals surface area contributed by atoms with Crippen LogP contribution in [0.25, 0.3) is 0 Å². The van der Waals surface area contributed by atoms with E-state index in [2.05, 4.69) is 5.32 Å². The van der Waals surface area contributed by atoms with Gasteiger partial charge in [0.2, 0.25) is 0 Å². The molecule has 1 saturated heterocycles. The van der Waals surface area contributed by atoms with Crippen LogP contribution in [-0.2, 0) is 9.84 Å². The van der Waals surface area contributed by atoms with Crippen molar-refractivity contribution in [1.29, 1.82) is 0 Å². The second-order valence-electron chi connectivity index (χ2n) is 4.38. The standard InChI is InChI=1S/C12H16ClNO2S/c13-10-4-6-12(7-5-10)17(15,16)9-11-3-1-2-8-14-11/h4-7,11,14H,1-3,8-9H2. The monoisotopic (exact) mass is 273 g/mol. The van der Waals surface area contributed by atoms with E-state index in [0.29, 0.717) is 9.92 Å². The molecule has 1 unspecified atom stereocenters. The summed E-state index contributed by atoms with van der Waals surface area (Å²) in [4.78, 5) is 0.356. The molecular weight excluding hydrogens is 258 g/mol. The third-order valence-electron chi connectivity index (χ3n) is 3.01. The van der Waals surface area contributed by atoms with Crippen LogP contribution < -0.4 is 5.32 Å². The summed E-state index contributed by atoms with van der Waals surface area (Å²) >= 11 is 5.75. The minimum Gasteiger partial charge on any atom is -0.313 e. The second-order valence-corrected chi connectivity index (χ2v) is 6.85. The minimum absolute atomic E-state index is 0.0874. The molecule has 2 rings (SSSR count). The predicted octanol–water partition coefficient (Wildman–Crippen LogP) is 2.26. The zero-order chi connectivity index (χ0) is 12.3. The van der Waals surface area contributed by atoms with E-state index < -0.39 is 9.84 Å². The van der Waals surface area contributed by atoms with Crippen molar-refractivity contribution in [3.63, 3.8) is 0 Å². The Morgan fingerprint density at radius 2 is 1.94 bits per heavy atom. The van der Waals surface area contributed by atoms with Gasteiger partial charge in [0, 0.05) is 11.1 Å². The van der Waals surface area contributed by atoms with E-state index in [9.17, 15) is 8.42 Å². The highest BCUT2D eigenvalue weighted by atomic mass is 35.5. The zero-order valence-electron chi connectivity index (χ0n) is 9.52. The Morgan fingerprint density at radius 3 is 2.53 bits per heavy atom. The molecule has 0 aromatic heterocycles. The van der Waals surface area contributed by atoms with Crippen LogP contribution in [0.1, 0.15) is 19.3 Å². The van der Waals surface area contributed by atoms with Crippen molar-refractivity contribution >= 4 is 21.4 Å². The maximum Gasteiger partial charge on any atom is 0.179 e. The lowest BCUT2D eigenvalue weighted by Crippen LogP contribution is -2.39. The maximum absolute atomic E-state index is 12.1.